The minimum Gasteiger partial charge on any atom is -0.373 e. The second-order valence-electron chi connectivity index (χ2n) is 4.49. The summed E-state index contributed by atoms with van der Waals surface area (Å²) in [7, 11) is 0. The topological polar surface area (TPSA) is 38.6 Å². The fourth-order valence-electron chi connectivity index (χ4n) is 2.22. The molecule has 2 aromatic rings. The SMILES string of the molecule is c1cn2ccc(COC3CCNCC3)cc2n1. The van der Waals surface area contributed by atoms with Gasteiger partial charge in [0.25, 0.3) is 0 Å². The van der Waals surface area contributed by atoms with Gasteiger partial charge >= 0.3 is 0 Å². The largest absolute Gasteiger partial charge is 0.373 e. The van der Waals surface area contributed by atoms with Crippen LogP contribution in [0.5, 0.6) is 0 Å². The third-order valence-corrected chi connectivity index (χ3v) is 3.23. The predicted molar refractivity (Wildman–Crippen MR) is 65.9 cm³/mol. The van der Waals surface area contributed by atoms with E-state index in [1.807, 2.05) is 23.0 Å². The predicted octanol–water partition coefficient (Wildman–Crippen LogP) is 1.60. The van der Waals surface area contributed by atoms with Gasteiger partial charge in [0.05, 0.1) is 12.7 Å². The van der Waals surface area contributed by atoms with Gasteiger partial charge in [0, 0.05) is 18.6 Å². The lowest BCUT2D eigenvalue weighted by Crippen LogP contribution is -2.32. The first-order chi connectivity index (χ1) is 8.42. The number of nitrogens with zero attached hydrogens (tertiary/aromatic N) is 2. The van der Waals surface area contributed by atoms with Crippen molar-refractivity contribution in [2.75, 3.05) is 13.1 Å². The van der Waals surface area contributed by atoms with E-state index in [2.05, 4.69) is 22.4 Å². The lowest BCUT2D eigenvalue weighted by atomic mass is 10.1. The fourth-order valence-corrected chi connectivity index (χ4v) is 2.22. The van der Waals surface area contributed by atoms with E-state index in [9.17, 15) is 0 Å². The normalized spacial score (nSPS) is 17.6. The second kappa shape index (κ2) is 4.85. The molecule has 1 aliphatic heterocycles. The van der Waals surface area contributed by atoms with Crippen LogP contribution in [0.1, 0.15) is 18.4 Å². The maximum Gasteiger partial charge on any atom is 0.136 e. The molecule has 0 aliphatic carbocycles. The summed E-state index contributed by atoms with van der Waals surface area (Å²) in [5, 5.41) is 3.34. The molecule has 4 nitrogen and oxygen atoms in total. The lowest BCUT2D eigenvalue weighted by molar-refractivity contribution is 0.0212. The van der Waals surface area contributed by atoms with Crippen molar-refractivity contribution >= 4 is 5.65 Å². The number of imidazole rings is 1. The number of nitrogens with one attached hydrogen (secondary N) is 1. The maximum atomic E-state index is 5.92. The molecule has 0 amide bonds. The molecule has 4 heteroatoms. The smallest absolute Gasteiger partial charge is 0.136 e. The number of aromatic nitrogens is 2. The Morgan fingerprint density at radius 1 is 1.35 bits per heavy atom. The Morgan fingerprint density at radius 3 is 3.12 bits per heavy atom. The molecule has 0 saturated carbocycles. The Kier molecular flexibility index (Phi) is 3.07. The number of hydrogen-bond acceptors (Lipinski definition) is 3. The third-order valence-electron chi connectivity index (χ3n) is 3.23. The lowest BCUT2D eigenvalue weighted by Gasteiger charge is -2.22. The highest BCUT2D eigenvalue weighted by Crippen LogP contribution is 2.12. The van der Waals surface area contributed by atoms with Gasteiger partial charge in [-0.2, -0.15) is 0 Å². The second-order valence-corrected chi connectivity index (χ2v) is 4.49. The van der Waals surface area contributed by atoms with Crippen LogP contribution in [0.15, 0.2) is 30.7 Å². The molecule has 0 aromatic carbocycles. The van der Waals surface area contributed by atoms with Crippen molar-refractivity contribution in [3.8, 4) is 0 Å². The molecule has 0 atom stereocenters. The van der Waals surface area contributed by atoms with Crippen LogP contribution < -0.4 is 5.32 Å². The van der Waals surface area contributed by atoms with Crippen molar-refractivity contribution in [2.45, 2.75) is 25.6 Å². The maximum absolute atomic E-state index is 5.92. The number of fused-ring (bicyclic) bond motifs is 1. The highest BCUT2D eigenvalue weighted by atomic mass is 16.5. The first-order valence-corrected chi connectivity index (χ1v) is 6.16. The van der Waals surface area contributed by atoms with Crippen molar-refractivity contribution in [2.24, 2.45) is 0 Å². The highest BCUT2D eigenvalue weighted by Gasteiger charge is 2.13. The summed E-state index contributed by atoms with van der Waals surface area (Å²) in [5.74, 6) is 0. The Balaban J connectivity index is 1.63. The number of pyridine rings is 1. The van der Waals surface area contributed by atoms with Crippen LogP contribution in [0.2, 0.25) is 0 Å². The zero-order valence-corrected chi connectivity index (χ0v) is 9.80. The van der Waals surface area contributed by atoms with Crippen molar-refractivity contribution < 1.29 is 4.74 Å². The van der Waals surface area contributed by atoms with Gasteiger partial charge in [-0.3, -0.25) is 0 Å². The number of ether oxygens (including phenoxy) is 1. The van der Waals surface area contributed by atoms with Crippen molar-refractivity contribution in [3.63, 3.8) is 0 Å². The standard InChI is InChI=1S/C13H17N3O/c1-4-14-5-2-12(1)17-10-11-3-7-16-8-6-15-13(16)9-11/h3,6-9,12,14H,1-2,4-5,10H2. The molecule has 17 heavy (non-hydrogen) atoms. The van der Waals surface area contributed by atoms with Gasteiger partial charge in [0.2, 0.25) is 0 Å². The van der Waals surface area contributed by atoms with Crippen LogP contribution in [-0.4, -0.2) is 28.6 Å². The summed E-state index contributed by atoms with van der Waals surface area (Å²) in [4.78, 5) is 4.27. The highest BCUT2D eigenvalue weighted by molar-refractivity contribution is 5.40. The van der Waals surface area contributed by atoms with Crippen molar-refractivity contribution in [1.29, 1.82) is 0 Å². The van der Waals surface area contributed by atoms with Crippen LogP contribution in [0, 0.1) is 0 Å². The van der Waals surface area contributed by atoms with Gasteiger partial charge in [-0.25, -0.2) is 4.98 Å². The Bertz CT molecular complexity index is 488. The van der Waals surface area contributed by atoms with Gasteiger partial charge < -0.3 is 14.5 Å². The number of hydrogen-bond donors (Lipinski definition) is 1. The molecule has 0 unspecified atom stereocenters. The molecule has 2 aromatic heterocycles. The Labute approximate surface area is 101 Å². The van der Waals surface area contributed by atoms with E-state index in [-0.39, 0.29) is 0 Å². The molecule has 90 valence electrons. The monoisotopic (exact) mass is 231 g/mol. The first kappa shape index (κ1) is 10.7. The van der Waals surface area contributed by atoms with E-state index in [0.29, 0.717) is 12.7 Å². The van der Waals surface area contributed by atoms with E-state index in [1.165, 1.54) is 5.56 Å². The van der Waals surface area contributed by atoms with Gasteiger partial charge in [0.1, 0.15) is 5.65 Å². The quantitative estimate of drug-likeness (QED) is 0.872. The molecular formula is C13H17N3O. The zero-order valence-electron chi connectivity index (χ0n) is 9.80. The summed E-state index contributed by atoms with van der Waals surface area (Å²) < 4.78 is 7.93. The molecule has 3 heterocycles. The van der Waals surface area contributed by atoms with Crippen LogP contribution in [0.25, 0.3) is 5.65 Å². The van der Waals surface area contributed by atoms with Crippen LogP contribution in [-0.2, 0) is 11.3 Å². The molecular weight excluding hydrogens is 214 g/mol. The summed E-state index contributed by atoms with van der Waals surface area (Å²) in [6.45, 7) is 2.84. The average molecular weight is 231 g/mol. The van der Waals surface area contributed by atoms with Gasteiger partial charge in [-0.1, -0.05) is 0 Å². The van der Waals surface area contributed by atoms with Crippen LogP contribution in [0.3, 0.4) is 0 Å². The number of rotatable bonds is 3. The van der Waals surface area contributed by atoms with Gasteiger partial charge in [-0.05, 0) is 43.6 Å². The molecule has 0 radical (unpaired) electrons. The molecule has 0 spiro atoms. The average Bonchev–Trinajstić information content (AvgIpc) is 2.85. The van der Waals surface area contributed by atoms with Crippen molar-refractivity contribution in [3.05, 3.63) is 36.3 Å². The molecule has 3 rings (SSSR count). The fraction of sp³-hybridized carbons (Fsp3) is 0.462. The summed E-state index contributed by atoms with van der Waals surface area (Å²) in [6, 6.07) is 4.18. The minimum absolute atomic E-state index is 0.409. The molecule has 0 bridgehead atoms. The third kappa shape index (κ3) is 2.48. The van der Waals surface area contributed by atoms with Crippen molar-refractivity contribution in [1.82, 2.24) is 14.7 Å². The number of piperidine rings is 1. The van der Waals surface area contributed by atoms with E-state index >= 15 is 0 Å². The van der Waals surface area contributed by atoms with Crippen LogP contribution in [0.4, 0.5) is 0 Å². The van der Waals surface area contributed by atoms with E-state index < -0.39 is 0 Å². The minimum atomic E-state index is 0.409. The Hall–Kier alpha value is -1.39. The molecule has 1 saturated heterocycles. The molecule has 1 aliphatic rings. The van der Waals surface area contributed by atoms with Crippen LogP contribution >= 0.6 is 0 Å². The van der Waals surface area contributed by atoms with E-state index in [1.54, 1.807) is 0 Å². The zero-order chi connectivity index (χ0) is 11.5. The van der Waals surface area contributed by atoms with E-state index in [0.717, 1.165) is 31.6 Å². The Morgan fingerprint density at radius 2 is 2.24 bits per heavy atom. The summed E-state index contributed by atoms with van der Waals surface area (Å²) >= 11 is 0. The van der Waals surface area contributed by atoms with E-state index in [4.69, 9.17) is 4.74 Å². The van der Waals surface area contributed by atoms with Gasteiger partial charge in [-0.15, -0.1) is 0 Å². The summed E-state index contributed by atoms with van der Waals surface area (Å²) in [6.07, 6.45) is 8.44. The first-order valence-electron chi connectivity index (χ1n) is 6.16. The molecule has 1 N–H and O–H groups in total. The van der Waals surface area contributed by atoms with Gasteiger partial charge in [0.15, 0.2) is 0 Å². The summed E-state index contributed by atoms with van der Waals surface area (Å²) in [5.41, 5.74) is 2.18. The molecule has 1 fully saturated rings.